The van der Waals surface area contributed by atoms with Crippen molar-refractivity contribution in [2.45, 2.75) is 25.8 Å². The molecule has 218 valence electrons. The molecule has 11 nitrogen and oxygen atoms in total. The van der Waals surface area contributed by atoms with Crippen molar-refractivity contribution < 1.29 is 14.2 Å². The van der Waals surface area contributed by atoms with Crippen LogP contribution in [-0.2, 0) is 4.79 Å². The number of hydrogen-bond donors (Lipinski definition) is 2. The van der Waals surface area contributed by atoms with Crippen LogP contribution in [0.3, 0.4) is 0 Å². The number of quaternary nitrogens is 1. The number of carbonyl (C=O) groups excluding carboxylic acids is 1. The molecule has 5 aromatic rings. The number of anilines is 2. The lowest BCUT2D eigenvalue weighted by atomic mass is 10.2. The van der Waals surface area contributed by atoms with Gasteiger partial charge in [0.15, 0.2) is 11.5 Å². The van der Waals surface area contributed by atoms with Crippen LogP contribution in [0.15, 0.2) is 96.1 Å². The smallest absolute Gasteiger partial charge is 0.339 e. The molecule has 1 amide bonds. The second-order valence-corrected chi connectivity index (χ2v) is 10.8. The number of para-hydroxylation sites is 1. The molecular formula is C32H31N7O4. The zero-order chi connectivity index (χ0) is 30.1. The van der Waals surface area contributed by atoms with Gasteiger partial charge in [-0.2, -0.15) is 0 Å². The van der Waals surface area contributed by atoms with Crippen LogP contribution in [-0.4, -0.2) is 49.3 Å². The summed E-state index contributed by atoms with van der Waals surface area (Å²) in [6, 6.07) is 21.9. The number of fused-ring (bicyclic) bond motifs is 1. The van der Waals surface area contributed by atoms with Crippen LogP contribution in [0.4, 0.5) is 11.5 Å². The number of amides is 1. The van der Waals surface area contributed by atoms with Gasteiger partial charge in [0.2, 0.25) is 5.91 Å². The van der Waals surface area contributed by atoms with Gasteiger partial charge in [0, 0.05) is 24.6 Å². The summed E-state index contributed by atoms with van der Waals surface area (Å²) in [6.07, 6.45) is 6.13. The fraction of sp³-hybridized carbons (Fsp3) is 0.188. The highest BCUT2D eigenvalue weighted by Crippen LogP contribution is 2.31. The monoisotopic (exact) mass is 577 g/mol. The van der Waals surface area contributed by atoms with E-state index in [-0.39, 0.29) is 29.0 Å². The van der Waals surface area contributed by atoms with Crippen molar-refractivity contribution in [3.63, 3.8) is 0 Å². The number of ether oxygens (including phenoxy) is 1. The molecule has 2 aromatic heterocycles. The number of likely N-dealkylation sites (N-methyl/N-ethyl adjacent to an activating group) is 1. The summed E-state index contributed by atoms with van der Waals surface area (Å²) in [4.78, 5) is 35.2. The van der Waals surface area contributed by atoms with E-state index in [2.05, 4.69) is 15.3 Å². The zero-order valence-electron chi connectivity index (χ0n) is 23.8. The summed E-state index contributed by atoms with van der Waals surface area (Å²) in [6.45, 7) is 2.09. The number of hydrogen-bond acceptors (Lipinski definition) is 7. The highest BCUT2D eigenvalue weighted by atomic mass is 16.5. The highest BCUT2D eigenvalue weighted by Gasteiger charge is 2.34. The molecule has 1 unspecified atom stereocenters. The number of nitrogen functional groups attached to an aromatic ring is 1. The molecular weight excluding hydrogens is 546 g/mol. The van der Waals surface area contributed by atoms with Crippen molar-refractivity contribution in [3.05, 3.63) is 113 Å². The quantitative estimate of drug-likeness (QED) is 0.145. The molecule has 0 bridgehead atoms. The van der Waals surface area contributed by atoms with E-state index in [4.69, 9.17) is 10.5 Å². The minimum atomic E-state index is -0.408. The summed E-state index contributed by atoms with van der Waals surface area (Å²) >= 11 is 0. The van der Waals surface area contributed by atoms with Crippen LogP contribution in [0.1, 0.15) is 18.4 Å². The van der Waals surface area contributed by atoms with Crippen LogP contribution in [0.25, 0.3) is 22.5 Å². The van der Waals surface area contributed by atoms with Gasteiger partial charge in [-0.1, -0.05) is 18.2 Å². The van der Waals surface area contributed by atoms with Crippen molar-refractivity contribution >= 4 is 28.6 Å². The van der Waals surface area contributed by atoms with E-state index >= 15 is 0 Å². The van der Waals surface area contributed by atoms with Gasteiger partial charge < -0.3 is 25.6 Å². The lowest BCUT2D eigenvalue weighted by molar-refractivity contribution is -0.865. The van der Waals surface area contributed by atoms with E-state index in [0.29, 0.717) is 39.7 Å². The molecule has 1 atom stereocenters. The fourth-order valence-electron chi connectivity index (χ4n) is 5.09. The van der Waals surface area contributed by atoms with Gasteiger partial charge in [-0.3, -0.25) is 9.36 Å². The largest absolute Gasteiger partial charge is 0.633 e. The van der Waals surface area contributed by atoms with Crippen LogP contribution in [0, 0.1) is 12.1 Å². The molecule has 11 heteroatoms. The second-order valence-electron chi connectivity index (χ2n) is 10.8. The van der Waals surface area contributed by atoms with Gasteiger partial charge in [-0.25, -0.2) is 19.3 Å². The van der Waals surface area contributed by atoms with Gasteiger partial charge >= 0.3 is 5.69 Å². The summed E-state index contributed by atoms with van der Waals surface area (Å²) < 4.78 is 8.42. The predicted molar refractivity (Wildman–Crippen MR) is 165 cm³/mol. The Morgan fingerprint density at radius 2 is 1.77 bits per heavy atom. The molecule has 1 aliphatic carbocycles. The Morgan fingerprint density at radius 1 is 1.05 bits per heavy atom. The van der Waals surface area contributed by atoms with Gasteiger partial charge in [-0.15, -0.1) is 0 Å². The van der Waals surface area contributed by atoms with Gasteiger partial charge in [0.1, 0.15) is 23.3 Å². The second kappa shape index (κ2) is 11.2. The van der Waals surface area contributed by atoms with Crippen LogP contribution >= 0.6 is 0 Å². The first-order valence-corrected chi connectivity index (χ1v) is 13.9. The normalized spacial score (nSPS) is 14.6. The van der Waals surface area contributed by atoms with Crippen molar-refractivity contribution in [1.29, 1.82) is 0 Å². The SMILES string of the molecule is Cc1cc(NC(=O)/C=C/C[N+](C)([O-])C2CC2)cc(-n2c(=O)n(-c3ccc(Oc4ccccc4)cc3)c3c(N)ncnc32)c1. The summed E-state index contributed by atoms with van der Waals surface area (Å²) in [5, 5.41) is 15.3. The molecule has 3 aromatic carbocycles. The number of nitrogens with zero attached hydrogens (tertiary/aromatic N) is 5. The zero-order valence-corrected chi connectivity index (χ0v) is 23.8. The number of rotatable bonds is 9. The van der Waals surface area contributed by atoms with E-state index in [9.17, 15) is 14.8 Å². The number of hydroxylamine groups is 3. The third-order valence-electron chi connectivity index (χ3n) is 7.37. The number of benzene rings is 3. The standard InChI is InChI=1S/C32H31N7O4/c1-21-17-22(36-28(40)9-6-16-39(2,42)25-12-13-25)19-24(18-21)38-31-29(30(33)34-20-35-31)37(32(38)41)23-10-14-27(15-11-23)43-26-7-4-3-5-8-26/h3-11,14-15,17-20,25H,12-13,16H2,1-2H3,(H,36,40)(H2,33,34,35)/b9-6+. The predicted octanol–water partition coefficient (Wildman–Crippen LogP) is 4.86. The van der Waals surface area contributed by atoms with E-state index in [1.807, 2.05) is 43.3 Å². The van der Waals surface area contributed by atoms with Crippen LogP contribution in [0.2, 0.25) is 0 Å². The average molecular weight is 578 g/mol. The molecule has 1 saturated carbocycles. The number of nitrogens with two attached hydrogens (primary N) is 1. The highest BCUT2D eigenvalue weighted by molar-refractivity contribution is 5.99. The number of imidazole rings is 1. The number of aromatic nitrogens is 4. The molecule has 43 heavy (non-hydrogen) atoms. The first-order valence-electron chi connectivity index (χ1n) is 13.9. The molecule has 2 heterocycles. The van der Waals surface area contributed by atoms with Crippen molar-refractivity contribution in [2.24, 2.45) is 0 Å². The Balaban J connectivity index is 1.32. The van der Waals surface area contributed by atoms with E-state index in [1.54, 1.807) is 49.5 Å². The van der Waals surface area contributed by atoms with Gasteiger partial charge in [0.25, 0.3) is 0 Å². The Morgan fingerprint density at radius 3 is 2.49 bits per heavy atom. The van der Waals surface area contributed by atoms with Crippen molar-refractivity contribution in [2.75, 3.05) is 24.6 Å². The van der Waals surface area contributed by atoms with Gasteiger partial charge in [0.05, 0.1) is 31.0 Å². The average Bonchev–Trinajstić information content (AvgIpc) is 3.78. The summed E-state index contributed by atoms with van der Waals surface area (Å²) in [5.41, 5.74) is 8.89. The van der Waals surface area contributed by atoms with Crippen molar-refractivity contribution in [1.82, 2.24) is 19.1 Å². The lowest BCUT2D eigenvalue weighted by Gasteiger charge is -2.38. The Hall–Kier alpha value is -5.26. The van der Waals surface area contributed by atoms with E-state index in [1.165, 1.54) is 21.5 Å². The molecule has 0 spiro atoms. The molecule has 0 radical (unpaired) electrons. The third kappa shape index (κ3) is 5.89. The fourth-order valence-corrected chi connectivity index (χ4v) is 5.09. The van der Waals surface area contributed by atoms with E-state index in [0.717, 1.165) is 18.4 Å². The van der Waals surface area contributed by atoms with Crippen LogP contribution in [0.5, 0.6) is 11.5 Å². The van der Waals surface area contributed by atoms with Gasteiger partial charge in [-0.05, 0) is 73.2 Å². The topological polar surface area (TPSA) is 140 Å². The maximum Gasteiger partial charge on any atom is 0.339 e. The molecule has 1 aliphatic rings. The summed E-state index contributed by atoms with van der Waals surface area (Å²) in [5.74, 6) is 1.08. The minimum Gasteiger partial charge on any atom is -0.633 e. The van der Waals surface area contributed by atoms with E-state index < -0.39 is 5.69 Å². The maximum atomic E-state index is 14.0. The molecule has 1 fully saturated rings. The molecule has 3 N–H and O–H groups in total. The molecule has 6 rings (SSSR count). The molecule has 0 saturated heterocycles. The maximum absolute atomic E-state index is 14.0. The number of aryl methyl sites for hydroxylation is 1. The summed E-state index contributed by atoms with van der Waals surface area (Å²) in [7, 11) is 1.63. The number of nitrogens with one attached hydrogen (secondary N) is 1. The van der Waals surface area contributed by atoms with Crippen LogP contribution < -0.4 is 21.5 Å². The van der Waals surface area contributed by atoms with Crippen molar-refractivity contribution in [3.8, 4) is 22.9 Å². The lowest BCUT2D eigenvalue weighted by Crippen LogP contribution is -2.39. The number of carbonyl (C=O) groups is 1. The minimum absolute atomic E-state index is 0.117. The first-order chi connectivity index (χ1) is 20.7. The Kier molecular flexibility index (Phi) is 7.26. The molecule has 0 aliphatic heterocycles. The first kappa shape index (κ1) is 27.9. The Labute approximate surface area is 247 Å². The third-order valence-corrected chi connectivity index (χ3v) is 7.37. The Bertz CT molecular complexity index is 1890.